The van der Waals surface area contributed by atoms with Crippen LogP contribution in [-0.2, 0) is 23.9 Å². The second-order valence-electron chi connectivity index (χ2n) is 5.60. The molecule has 6 heteroatoms. The van der Waals surface area contributed by atoms with Gasteiger partial charge in [0.05, 0.1) is 12.5 Å². The van der Waals surface area contributed by atoms with Crippen LogP contribution in [0.5, 0.6) is 0 Å². The molecule has 1 amide bonds. The van der Waals surface area contributed by atoms with Crippen molar-refractivity contribution < 1.29 is 23.9 Å². The first-order valence-electron chi connectivity index (χ1n) is 6.93. The molecule has 0 saturated heterocycles. The maximum atomic E-state index is 12.4. The summed E-state index contributed by atoms with van der Waals surface area (Å²) in [4.78, 5) is 37.3. The standard InChI is InChI=1S/C15H23NO5/c1-7-20-14(19)15(8-11(15)13(18)16(5)6)12(9(2)3)21-10(4)17/h11H,7-8H2,1-6H3/t11-,15+/m1/s1. The molecule has 0 spiro atoms. The molecule has 6 nitrogen and oxygen atoms in total. The number of carbonyl (C=O) groups excluding carboxylic acids is 3. The average molecular weight is 297 g/mol. The van der Waals surface area contributed by atoms with E-state index in [9.17, 15) is 14.4 Å². The third-order valence-corrected chi connectivity index (χ3v) is 3.44. The molecule has 1 saturated carbocycles. The van der Waals surface area contributed by atoms with Gasteiger partial charge in [-0.2, -0.15) is 0 Å². The third-order valence-electron chi connectivity index (χ3n) is 3.44. The zero-order valence-corrected chi connectivity index (χ0v) is 13.5. The number of hydrogen-bond donors (Lipinski definition) is 0. The van der Waals surface area contributed by atoms with Crippen molar-refractivity contribution >= 4 is 17.8 Å². The highest BCUT2D eigenvalue weighted by molar-refractivity contribution is 5.96. The van der Waals surface area contributed by atoms with Crippen LogP contribution >= 0.6 is 0 Å². The first kappa shape index (κ1) is 17.2. The van der Waals surface area contributed by atoms with Crippen LogP contribution in [0.15, 0.2) is 11.3 Å². The molecule has 0 bridgehead atoms. The Hall–Kier alpha value is -1.85. The molecular formula is C15H23NO5. The van der Waals surface area contributed by atoms with Gasteiger partial charge in [-0.3, -0.25) is 14.4 Å². The van der Waals surface area contributed by atoms with E-state index in [0.717, 1.165) is 0 Å². The van der Waals surface area contributed by atoms with Gasteiger partial charge in [-0.25, -0.2) is 0 Å². The number of carbonyl (C=O) groups is 3. The minimum absolute atomic E-state index is 0.172. The van der Waals surface area contributed by atoms with Crippen LogP contribution in [0.1, 0.15) is 34.1 Å². The van der Waals surface area contributed by atoms with E-state index in [1.54, 1.807) is 34.9 Å². The molecule has 0 radical (unpaired) electrons. The van der Waals surface area contributed by atoms with Crippen molar-refractivity contribution in [3.63, 3.8) is 0 Å². The zero-order valence-electron chi connectivity index (χ0n) is 13.5. The van der Waals surface area contributed by atoms with Crippen molar-refractivity contribution in [2.24, 2.45) is 11.3 Å². The van der Waals surface area contributed by atoms with Crippen LogP contribution in [0, 0.1) is 11.3 Å². The average Bonchev–Trinajstić information content (AvgIpc) is 3.11. The number of allylic oxidation sites excluding steroid dienone is 1. The van der Waals surface area contributed by atoms with Gasteiger partial charge in [-0.05, 0) is 32.8 Å². The molecule has 0 N–H and O–H groups in total. The summed E-state index contributed by atoms with van der Waals surface area (Å²) in [5, 5.41) is 0. The van der Waals surface area contributed by atoms with Gasteiger partial charge in [0.25, 0.3) is 0 Å². The van der Waals surface area contributed by atoms with Crippen LogP contribution in [0.3, 0.4) is 0 Å². The van der Waals surface area contributed by atoms with Crippen LogP contribution < -0.4 is 0 Å². The third kappa shape index (κ3) is 3.25. The largest absolute Gasteiger partial charge is 0.465 e. The number of amides is 1. The van der Waals surface area contributed by atoms with Gasteiger partial charge in [0.1, 0.15) is 11.2 Å². The van der Waals surface area contributed by atoms with Crippen molar-refractivity contribution in [2.75, 3.05) is 20.7 Å². The lowest BCUT2D eigenvalue weighted by Gasteiger charge is -2.21. The monoisotopic (exact) mass is 297 g/mol. The van der Waals surface area contributed by atoms with Crippen molar-refractivity contribution in [3.8, 4) is 0 Å². The van der Waals surface area contributed by atoms with Gasteiger partial charge < -0.3 is 14.4 Å². The van der Waals surface area contributed by atoms with Gasteiger partial charge in [0.15, 0.2) is 0 Å². The van der Waals surface area contributed by atoms with Gasteiger partial charge in [0.2, 0.25) is 5.91 Å². The molecule has 1 aliphatic rings. The zero-order chi connectivity index (χ0) is 16.4. The van der Waals surface area contributed by atoms with E-state index in [2.05, 4.69) is 0 Å². The lowest BCUT2D eigenvalue weighted by atomic mass is 9.97. The van der Waals surface area contributed by atoms with E-state index in [0.29, 0.717) is 12.0 Å². The number of nitrogens with zero attached hydrogens (tertiary/aromatic N) is 1. The summed E-state index contributed by atoms with van der Waals surface area (Å²) in [5.41, 5.74) is -0.477. The maximum Gasteiger partial charge on any atom is 0.320 e. The smallest absolute Gasteiger partial charge is 0.320 e. The topological polar surface area (TPSA) is 72.9 Å². The van der Waals surface area contributed by atoms with E-state index in [-0.39, 0.29) is 18.3 Å². The molecular weight excluding hydrogens is 274 g/mol. The van der Waals surface area contributed by atoms with E-state index in [1.165, 1.54) is 11.8 Å². The van der Waals surface area contributed by atoms with Crippen molar-refractivity contribution in [2.45, 2.75) is 34.1 Å². The molecule has 0 aromatic heterocycles. The van der Waals surface area contributed by atoms with Gasteiger partial charge >= 0.3 is 11.9 Å². The predicted molar refractivity (Wildman–Crippen MR) is 76.0 cm³/mol. The molecule has 118 valence electrons. The van der Waals surface area contributed by atoms with Crippen molar-refractivity contribution in [1.82, 2.24) is 4.90 Å². The summed E-state index contributed by atoms with van der Waals surface area (Å²) < 4.78 is 10.3. The molecule has 0 aromatic rings. The van der Waals surface area contributed by atoms with Gasteiger partial charge in [0, 0.05) is 21.0 Å². The predicted octanol–water partition coefficient (Wildman–Crippen LogP) is 1.50. The SMILES string of the molecule is CCOC(=O)[C@@]1(C(OC(C)=O)=C(C)C)C[C@@H]1C(=O)N(C)C. The molecule has 21 heavy (non-hydrogen) atoms. The second-order valence-corrected chi connectivity index (χ2v) is 5.60. The summed E-state index contributed by atoms with van der Waals surface area (Å²) in [6, 6.07) is 0. The summed E-state index contributed by atoms with van der Waals surface area (Å²) in [6.45, 7) is 6.67. The Morgan fingerprint density at radius 3 is 2.14 bits per heavy atom. The fourth-order valence-electron chi connectivity index (χ4n) is 2.48. The molecule has 0 heterocycles. The number of hydrogen-bond acceptors (Lipinski definition) is 5. The lowest BCUT2D eigenvalue weighted by molar-refractivity contribution is -0.154. The summed E-state index contributed by atoms with van der Waals surface area (Å²) in [5.74, 6) is -1.50. The maximum absolute atomic E-state index is 12.4. The molecule has 0 unspecified atom stereocenters. The molecule has 2 atom stereocenters. The molecule has 1 fully saturated rings. The normalized spacial score (nSPS) is 23.0. The summed E-state index contributed by atoms with van der Waals surface area (Å²) in [7, 11) is 3.26. The second kappa shape index (κ2) is 6.28. The van der Waals surface area contributed by atoms with E-state index < -0.39 is 23.3 Å². The highest BCUT2D eigenvalue weighted by atomic mass is 16.6. The van der Waals surface area contributed by atoms with Crippen LogP contribution in [-0.4, -0.2) is 43.4 Å². The Balaban J connectivity index is 3.23. The minimum Gasteiger partial charge on any atom is -0.465 e. The van der Waals surface area contributed by atoms with Crippen LogP contribution in [0.2, 0.25) is 0 Å². The number of rotatable bonds is 5. The van der Waals surface area contributed by atoms with E-state index >= 15 is 0 Å². The van der Waals surface area contributed by atoms with Gasteiger partial charge in [-0.1, -0.05) is 0 Å². The van der Waals surface area contributed by atoms with Crippen LogP contribution in [0.4, 0.5) is 0 Å². The molecule has 0 aromatic carbocycles. The van der Waals surface area contributed by atoms with Crippen LogP contribution in [0.25, 0.3) is 0 Å². The molecule has 0 aliphatic heterocycles. The Bertz CT molecular complexity index is 490. The Labute approximate surface area is 125 Å². The highest BCUT2D eigenvalue weighted by Crippen LogP contribution is 2.60. The van der Waals surface area contributed by atoms with E-state index in [1.807, 2.05) is 0 Å². The Kier molecular flexibility index (Phi) is 5.15. The van der Waals surface area contributed by atoms with Gasteiger partial charge in [-0.15, -0.1) is 0 Å². The Morgan fingerprint density at radius 2 is 1.76 bits per heavy atom. The summed E-state index contributed by atoms with van der Waals surface area (Å²) in [6.07, 6.45) is 0.302. The summed E-state index contributed by atoms with van der Waals surface area (Å²) >= 11 is 0. The highest BCUT2D eigenvalue weighted by Gasteiger charge is 2.69. The first-order chi connectivity index (χ1) is 9.68. The fraction of sp³-hybridized carbons (Fsp3) is 0.667. The minimum atomic E-state index is -1.16. The first-order valence-corrected chi connectivity index (χ1v) is 6.93. The van der Waals surface area contributed by atoms with Crippen molar-refractivity contribution in [3.05, 3.63) is 11.3 Å². The quantitative estimate of drug-likeness (QED) is 0.568. The number of esters is 2. The Morgan fingerprint density at radius 1 is 1.19 bits per heavy atom. The molecule has 1 aliphatic carbocycles. The lowest BCUT2D eigenvalue weighted by Crippen LogP contribution is -2.32. The molecule has 1 rings (SSSR count). The van der Waals surface area contributed by atoms with Crippen molar-refractivity contribution in [1.29, 1.82) is 0 Å². The fourth-order valence-corrected chi connectivity index (χ4v) is 2.48. The van der Waals surface area contributed by atoms with E-state index in [4.69, 9.17) is 9.47 Å². The number of ether oxygens (including phenoxy) is 2.